The Morgan fingerprint density at radius 1 is 1.11 bits per heavy atom. The summed E-state index contributed by atoms with van der Waals surface area (Å²) in [7, 11) is 0. The van der Waals surface area contributed by atoms with E-state index in [-0.39, 0.29) is 23.6 Å². The lowest BCUT2D eigenvalue weighted by Gasteiger charge is -2.31. The van der Waals surface area contributed by atoms with E-state index in [1.165, 1.54) is 18.3 Å². The molecule has 2 amide bonds. The molecule has 1 aromatic carbocycles. The molecule has 0 radical (unpaired) electrons. The Hall–Kier alpha value is -2.47. The maximum Gasteiger partial charge on any atom is 0.264 e. The molecule has 27 heavy (non-hydrogen) atoms. The van der Waals surface area contributed by atoms with Crippen LogP contribution in [0.4, 0.5) is 0 Å². The Kier molecular flexibility index (Phi) is 6.06. The van der Waals surface area contributed by atoms with Crippen molar-refractivity contribution in [2.45, 2.75) is 39.3 Å². The molecule has 1 fully saturated rings. The van der Waals surface area contributed by atoms with Crippen molar-refractivity contribution >= 4 is 28.9 Å². The van der Waals surface area contributed by atoms with Crippen molar-refractivity contribution in [3.8, 4) is 0 Å². The lowest BCUT2D eigenvalue weighted by Crippen LogP contribution is -2.43. The van der Waals surface area contributed by atoms with Crippen LogP contribution in [0.5, 0.6) is 0 Å². The van der Waals surface area contributed by atoms with Gasteiger partial charge in [-0.1, -0.05) is 37.3 Å². The van der Waals surface area contributed by atoms with Crippen LogP contribution in [0.25, 0.3) is 0 Å². The van der Waals surface area contributed by atoms with Gasteiger partial charge in [0, 0.05) is 32.1 Å². The molecule has 0 N–H and O–H groups in total. The average molecular weight is 385 g/mol. The van der Waals surface area contributed by atoms with Crippen LogP contribution in [0.15, 0.2) is 42.5 Å². The van der Waals surface area contributed by atoms with E-state index < -0.39 is 0 Å². The number of nitrogens with zero attached hydrogens (tertiary/aromatic N) is 2. The molecule has 1 aromatic heterocycles. The Balaban J connectivity index is 1.77. The van der Waals surface area contributed by atoms with Gasteiger partial charge in [-0.2, -0.15) is 0 Å². The standard InChI is InChI=1S/C21H24N2O3S/c1-3-17-14-22(21(26)19-10-9-18(27-19)15(2)24)12-11-20(25)23(17)13-16-7-5-4-6-8-16/h4-10,17H,3,11-14H2,1-2H3. The predicted molar refractivity (Wildman–Crippen MR) is 106 cm³/mol. The SMILES string of the molecule is CCC1CN(C(=O)c2ccc(C(C)=O)s2)CCC(=O)N1Cc1ccccc1. The number of thiophene rings is 1. The van der Waals surface area contributed by atoms with Crippen LogP contribution in [0.3, 0.4) is 0 Å². The molecular weight excluding hydrogens is 360 g/mol. The molecule has 2 heterocycles. The largest absolute Gasteiger partial charge is 0.335 e. The number of Topliss-reactive ketones (excluding diaryl/α,β-unsaturated/α-hetero) is 1. The summed E-state index contributed by atoms with van der Waals surface area (Å²) in [4.78, 5) is 42.0. The molecule has 0 aliphatic carbocycles. The van der Waals surface area contributed by atoms with E-state index in [0.717, 1.165) is 12.0 Å². The zero-order valence-corrected chi connectivity index (χ0v) is 16.5. The molecule has 1 saturated heterocycles. The minimum Gasteiger partial charge on any atom is -0.335 e. The molecule has 1 atom stereocenters. The summed E-state index contributed by atoms with van der Waals surface area (Å²) in [6.45, 7) is 5.03. The van der Waals surface area contributed by atoms with Crippen LogP contribution >= 0.6 is 11.3 Å². The predicted octanol–water partition coefficient (Wildman–Crippen LogP) is 3.60. The van der Waals surface area contributed by atoms with Gasteiger partial charge in [0.1, 0.15) is 0 Å². The van der Waals surface area contributed by atoms with Crippen molar-refractivity contribution in [3.05, 3.63) is 57.8 Å². The average Bonchev–Trinajstić information content (AvgIpc) is 3.12. The zero-order chi connectivity index (χ0) is 19.4. The number of hydrogen-bond acceptors (Lipinski definition) is 4. The van der Waals surface area contributed by atoms with Crippen molar-refractivity contribution in [1.29, 1.82) is 0 Å². The summed E-state index contributed by atoms with van der Waals surface area (Å²) in [6, 6.07) is 13.3. The van der Waals surface area contributed by atoms with Crippen LogP contribution < -0.4 is 0 Å². The second kappa shape index (κ2) is 8.48. The van der Waals surface area contributed by atoms with Gasteiger partial charge in [-0.3, -0.25) is 14.4 Å². The van der Waals surface area contributed by atoms with E-state index >= 15 is 0 Å². The van der Waals surface area contributed by atoms with Crippen molar-refractivity contribution in [2.75, 3.05) is 13.1 Å². The highest BCUT2D eigenvalue weighted by Crippen LogP contribution is 2.23. The van der Waals surface area contributed by atoms with Gasteiger partial charge in [0.15, 0.2) is 5.78 Å². The van der Waals surface area contributed by atoms with Crippen molar-refractivity contribution in [3.63, 3.8) is 0 Å². The van der Waals surface area contributed by atoms with Crippen LogP contribution in [0, 0.1) is 0 Å². The highest BCUT2D eigenvalue weighted by Gasteiger charge is 2.31. The van der Waals surface area contributed by atoms with Gasteiger partial charge in [0.05, 0.1) is 9.75 Å². The highest BCUT2D eigenvalue weighted by molar-refractivity contribution is 7.15. The summed E-state index contributed by atoms with van der Waals surface area (Å²) in [6.07, 6.45) is 1.10. The van der Waals surface area contributed by atoms with E-state index in [2.05, 4.69) is 0 Å². The molecule has 142 valence electrons. The molecule has 1 aliphatic rings. The lowest BCUT2D eigenvalue weighted by atomic mass is 10.1. The van der Waals surface area contributed by atoms with Crippen molar-refractivity contribution in [1.82, 2.24) is 9.80 Å². The molecule has 2 aromatic rings. The van der Waals surface area contributed by atoms with E-state index in [0.29, 0.717) is 35.8 Å². The monoisotopic (exact) mass is 384 g/mol. The van der Waals surface area contributed by atoms with Gasteiger partial charge in [0.2, 0.25) is 5.91 Å². The maximum absolute atomic E-state index is 12.9. The van der Waals surface area contributed by atoms with Crippen molar-refractivity contribution < 1.29 is 14.4 Å². The Morgan fingerprint density at radius 3 is 2.44 bits per heavy atom. The fourth-order valence-electron chi connectivity index (χ4n) is 3.35. The first-order chi connectivity index (χ1) is 13.0. The molecule has 3 rings (SSSR count). The maximum atomic E-state index is 12.9. The highest BCUT2D eigenvalue weighted by atomic mass is 32.1. The smallest absolute Gasteiger partial charge is 0.264 e. The Morgan fingerprint density at radius 2 is 1.81 bits per heavy atom. The second-order valence-electron chi connectivity index (χ2n) is 6.79. The molecule has 1 unspecified atom stereocenters. The van der Waals surface area contributed by atoms with E-state index in [4.69, 9.17) is 0 Å². The van der Waals surface area contributed by atoms with Gasteiger partial charge in [-0.25, -0.2) is 0 Å². The molecule has 0 spiro atoms. The summed E-state index contributed by atoms with van der Waals surface area (Å²) < 4.78 is 0. The van der Waals surface area contributed by atoms with Gasteiger partial charge < -0.3 is 9.80 Å². The van der Waals surface area contributed by atoms with E-state index in [1.807, 2.05) is 42.2 Å². The summed E-state index contributed by atoms with van der Waals surface area (Å²) in [5.74, 6) is -0.0533. The summed E-state index contributed by atoms with van der Waals surface area (Å²) in [5, 5.41) is 0. The summed E-state index contributed by atoms with van der Waals surface area (Å²) >= 11 is 1.22. The third-order valence-electron chi connectivity index (χ3n) is 4.91. The van der Waals surface area contributed by atoms with Crippen LogP contribution in [0.2, 0.25) is 0 Å². The van der Waals surface area contributed by atoms with E-state index in [1.54, 1.807) is 17.0 Å². The van der Waals surface area contributed by atoms with E-state index in [9.17, 15) is 14.4 Å². The first-order valence-corrected chi connectivity index (χ1v) is 10.0. The number of amides is 2. The molecule has 0 bridgehead atoms. The number of carbonyl (C=O) groups excluding carboxylic acids is 3. The molecular formula is C21H24N2O3S. The minimum absolute atomic E-state index is 0.0172. The fourth-order valence-corrected chi connectivity index (χ4v) is 4.22. The number of carbonyl (C=O) groups is 3. The first kappa shape index (κ1) is 19.3. The zero-order valence-electron chi connectivity index (χ0n) is 15.7. The number of rotatable bonds is 5. The Labute approximate surface area is 163 Å². The van der Waals surface area contributed by atoms with Gasteiger partial charge >= 0.3 is 0 Å². The summed E-state index contributed by atoms with van der Waals surface area (Å²) in [5.41, 5.74) is 1.09. The number of benzene rings is 1. The second-order valence-corrected chi connectivity index (χ2v) is 7.87. The topological polar surface area (TPSA) is 57.7 Å². The third-order valence-corrected chi connectivity index (χ3v) is 6.08. The molecule has 1 aliphatic heterocycles. The molecule has 5 nitrogen and oxygen atoms in total. The Bertz CT molecular complexity index is 831. The quantitative estimate of drug-likeness (QED) is 0.740. The van der Waals surface area contributed by atoms with Crippen LogP contribution in [0.1, 0.15) is 51.6 Å². The number of ketones is 1. The van der Waals surface area contributed by atoms with Gasteiger partial charge in [0.25, 0.3) is 5.91 Å². The van der Waals surface area contributed by atoms with Crippen LogP contribution in [-0.4, -0.2) is 46.5 Å². The van der Waals surface area contributed by atoms with Gasteiger partial charge in [-0.05, 0) is 31.0 Å². The molecule has 6 heteroatoms. The third kappa shape index (κ3) is 4.45. The van der Waals surface area contributed by atoms with Crippen LogP contribution in [-0.2, 0) is 11.3 Å². The number of hydrogen-bond donors (Lipinski definition) is 0. The fraction of sp³-hybridized carbons (Fsp3) is 0.381. The van der Waals surface area contributed by atoms with Gasteiger partial charge in [-0.15, -0.1) is 11.3 Å². The molecule has 0 saturated carbocycles. The first-order valence-electron chi connectivity index (χ1n) is 9.23. The normalized spacial score (nSPS) is 17.7. The van der Waals surface area contributed by atoms with Crippen molar-refractivity contribution in [2.24, 2.45) is 0 Å². The minimum atomic E-state index is -0.0969. The lowest BCUT2D eigenvalue weighted by molar-refractivity contribution is -0.133.